The normalized spacial score (nSPS) is 34.1. The second-order valence-corrected chi connectivity index (χ2v) is 6.78. The van der Waals surface area contributed by atoms with Gasteiger partial charge < -0.3 is 10.1 Å². The van der Waals surface area contributed by atoms with Crippen molar-refractivity contribution in [3.05, 3.63) is 0 Å². The molecule has 0 aromatic rings. The molecule has 2 fully saturated rings. The molecule has 2 aliphatic rings. The Morgan fingerprint density at radius 2 is 2.18 bits per heavy atom. The molecule has 0 radical (unpaired) electrons. The van der Waals surface area contributed by atoms with Crippen LogP contribution in [0.5, 0.6) is 0 Å². The zero-order chi connectivity index (χ0) is 11.9. The molecular weight excluding hydrogens is 230 g/mol. The molecule has 1 aliphatic carbocycles. The van der Waals surface area contributed by atoms with Crippen molar-refractivity contribution in [3.8, 4) is 0 Å². The van der Waals surface area contributed by atoms with Gasteiger partial charge in [0.2, 0.25) is 0 Å². The van der Waals surface area contributed by atoms with Crippen molar-refractivity contribution in [2.24, 2.45) is 5.92 Å². The Kier molecular flexibility index (Phi) is 6.16. The smallest absolute Gasteiger partial charge is 0.0666 e. The third kappa shape index (κ3) is 5.19. The zero-order valence-corrected chi connectivity index (χ0v) is 11.9. The van der Waals surface area contributed by atoms with Crippen molar-refractivity contribution in [3.63, 3.8) is 0 Å². The molecule has 3 atom stereocenters. The van der Waals surface area contributed by atoms with Crippen LogP contribution < -0.4 is 5.32 Å². The van der Waals surface area contributed by atoms with Gasteiger partial charge in [-0.15, -0.1) is 0 Å². The van der Waals surface area contributed by atoms with Gasteiger partial charge >= 0.3 is 0 Å². The van der Waals surface area contributed by atoms with Crippen molar-refractivity contribution in [1.29, 1.82) is 0 Å². The highest BCUT2D eigenvalue weighted by atomic mass is 32.2. The van der Waals surface area contributed by atoms with E-state index in [9.17, 15) is 0 Å². The number of hydrogen-bond acceptors (Lipinski definition) is 3. The van der Waals surface area contributed by atoms with E-state index in [1.54, 1.807) is 0 Å². The van der Waals surface area contributed by atoms with Gasteiger partial charge in [0.05, 0.1) is 6.10 Å². The summed E-state index contributed by atoms with van der Waals surface area (Å²) in [6, 6.07) is 0.794. The lowest BCUT2D eigenvalue weighted by Crippen LogP contribution is -2.35. The fraction of sp³-hybridized carbons (Fsp3) is 1.00. The second kappa shape index (κ2) is 7.65. The minimum absolute atomic E-state index is 0.551. The van der Waals surface area contributed by atoms with Gasteiger partial charge in [-0.2, -0.15) is 11.8 Å². The lowest BCUT2D eigenvalue weighted by molar-refractivity contribution is 0.129. The minimum atomic E-state index is 0.551. The van der Waals surface area contributed by atoms with Crippen LogP contribution in [0.2, 0.25) is 0 Å². The number of ether oxygens (including phenoxy) is 1. The topological polar surface area (TPSA) is 21.3 Å². The number of rotatable bonds is 6. The van der Waals surface area contributed by atoms with Crippen LogP contribution in [0.15, 0.2) is 0 Å². The van der Waals surface area contributed by atoms with Crippen molar-refractivity contribution in [1.82, 2.24) is 5.32 Å². The fourth-order valence-corrected chi connectivity index (χ4v) is 3.90. The maximum absolute atomic E-state index is 5.62. The summed E-state index contributed by atoms with van der Waals surface area (Å²) in [4.78, 5) is 0. The summed E-state index contributed by atoms with van der Waals surface area (Å²) in [5, 5.41) is 3.72. The predicted molar refractivity (Wildman–Crippen MR) is 75.7 cm³/mol. The Balaban J connectivity index is 1.45. The highest BCUT2D eigenvalue weighted by Crippen LogP contribution is 2.23. The molecular formula is C14H27NOS. The molecule has 17 heavy (non-hydrogen) atoms. The summed E-state index contributed by atoms with van der Waals surface area (Å²) in [6.45, 7) is 4.55. The molecule has 3 unspecified atom stereocenters. The van der Waals surface area contributed by atoms with E-state index >= 15 is 0 Å². The first-order valence-corrected chi connectivity index (χ1v) is 8.43. The minimum Gasteiger partial charge on any atom is -0.377 e. The summed E-state index contributed by atoms with van der Waals surface area (Å²) >= 11 is 2.05. The van der Waals surface area contributed by atoms with Crippen molar-refractivity contribution in [2.45, 2.75) is 57.6 Å². The van der Waals surface area contributed by atoms with Crippen molar-refractivity contribution < 1.29 is 4.74 Å². The van der Waals surface area contributed by atoms with E-state index in [1.807, 2.05) is 0 Å². The fourth-order valence-electron chi connectivity index (χ4n) is 2.95. The van der Waals surface area contributed by atoms with Crippen molar-refractivity contribution in [2.75, 3.05) is 24.7 Å². The molecule has 100 valence electrons. The second-order valence-electron chi connectivity index (χ2n) is 5.63. The first-order chi connectivity index (χ1) is 8.34. The van der Waals surface area contributed by atoms with E-state index in [2.05, 4.69) is 24.0 Å². The zero-order valence-electron chi connectivity index (χ0n) is 11.1. The first-order valence-electron chi connectivity index (χ1n) is 7.27. The van der Waals surface area contributed by atoms with E-state index in [1.165, 1.54) is 56.6 Å². The standard InChI is InChI=1S/C14H27NOS/c1-12-4-2-5-13(10-12)15-7-9-17-11-14-6-3-8-16-14/h12-15H,2-11H2,1H3. The number of hydrogen-bond donors (Lipinski definition) is 1. The lowest BCUT2D eigenvalue weighted by Gasteiger charge is -2.27. The summed E-state index contributed by atoms with van der Waals surface area (Å²) in [5.41, 5.74) is 0. The van der Waals surface area contributed by atoms with Gasteiger partial charge in [-0.25, -0.2) is 0 Å². The summed E-state index contributed by atoms with van der Waals surface area (Å²) in [5.74, 6) is 3.37. The largest absolute Gasteiger partial charge is 0.377 e. The van der Waals surface area contributed by atoms with E-state index in [4.69, 9.17) is 4.74 Å². The Labute approximate surface area is 110 Å². The van der Waals surface area contributed by atoms with E-state index in [0.717, 1.165) is 18.6 Å². The Morgan fingerprint density at radius 3 is 2.94 bits per heavy atom. The molecule has 2 nitrogen and oxygen atoms in total. The third-order valence-electron chi connectivity index (χ3n) is 3.94. The average molecular weight is 257 g/mol. The molecule has 1 N–H and O–H groups in total. The molecule has 0 amide bonds. The maximum Gasteiger partial charge on any atom is 0.0666 e. The van der Waals surface area contributed by atoms with Gasteiger partial charge in [0.25, 0.3) is 0 Å². The van der Waals surface area contributed by atoms with Crippen LogP contribution in [0.4, 0.5) is 0 Å². The summed E-state index contributed by atoms with van der Waals surface area (Å²) < 4.78 is 5.62. The van der Waals surface area contributed by atoms with Gasteiger partial charge in [-0.05, 0) is 31.6 Å². The molecule has 0 bridgehead atoms. The molecule has 0 spiro atoms. The van der Waals surface area contributed by atoms with E-state index in [0.29, 0.717) is 6.10 Å². The lowest BCUT2D eigenvalue weighted by atomic mass is 9.87. The molecule has 0 aromatic heterocycles. The molecule has 1 aliphatic heterocycles. The van der Waals surface area contributed by atoms with Crippen molar-refractivity contribution >= 4 is 11.8 Å². The third-order valence-corrected chi connectivity index (χ3v) is 5.04. The van der Waals surface area contributed by atoms with Crippen LogP contribution in [0.25, 0.3) is 0 Å². The van der Waals surface area contributed by atoms with Crippen LogP contribution >= 0.6 is 11.8 Å². The Bertz CT molecular complexity index is 206. The van der Waals surface area contributed by atoms with Gasteiger partial charge in [0.1, 0.15) is 0 Å². The van der Waals surface area contributed by atoms with Crippen LogP contribution in [-0.4, -0.2) is 36.8 Å². The Hall–Kier alpha value is 0.270. The van der Waals surface area contributed by atoms with Crippen LogP contribution in [0.1, 0.15) is 45.4 Å². The van der Waals surface area contributed by atoms with Gasteiger partial charge in [0.15, 0.2) is 0 Å². The van der Waals surface area contributed by atoms with Gasteiger partial charge in [-0.1, -0.05) is 19.8 Å². The number of thioether (sulfide) groups is 1. The molecule has 1 saturated heterocycles. The SMILES string of the molecule is CC1CCCC(NCCSCC2CCCO2)C1. The van der Waals surface area contributed by atoms with Gasteiger partial charge in [-0.3, -0.25) is 0 Å². The quantitative estimate of drug-likeness (QED) is 0.739. The highest BCUT2D eigenvalue weighted by molar-refractivity contribution is 7.99. The highest BCUT2D eigenvalue weighted by Gasteiger charge is 2.18. The maximum atomic E-state index is 5.62. The Morgan fingerprint density at radius 1 is 1.24 bits per heavy atom. The monoisotopic (exact) mass is 257 g/mol. The van der Waals surface area contributed by atoms with E-state index in [-0.39, 0.29) is 0 Å². The van der Waals surface area contributed by atoms with E-state index < -0.39 is 0 Å². The summed E-state index contributed by atoms with van der Waals surface area (Å²) in [7, 11) is 0. The summed E-state index contributed by atoms with van der Waals surface area (Å²) in [6.07, 6.45) is 8.73. The molecule has 1 heterocycles. The first kappa shape index (κ1) is 13.7. The number of nitrogens with one attached hydrogen (secondary N) is 1. The average Bonchev–Trinajstić information content (AvgIpc) is 2.82. The van der Waals surface area contributed by atoms with Crippen LogP contribution in [0.3, 0.4) is 0 Å². The molecule has 1 saturated carbocycles. The van der Waals surface area contributed by atoms with Gasteiger partial charge in [0, 0.05) is 30.7 Å². The van der Waals surface area contributed by atoms with Crippen LogP contribution in [-0.2, 0) is 4.74 Å². The molecule has 3 heteroatoms. The molecule has 2 rings (SSSR count). The predicted octanol–water partition coefficient (Wildman–Crippen LogP) is 3.07. The van der Waals surface area contributed by atoms with Crippen LogP contribution in [0, 0.1) is 5.92 Å². The molecule has 0 aromatic carbocycles.